The van der Waals surface area contributed by atoms with Gasteiger partial charge in [-0.2, -0.15) is 0 Å². The van der Waals surface area contributed by atoms with Crippen LogP contribution in [0, 0.1) is 25.7 Å². The zero-order valence-corrected chi connectivity index (χ0v) is 7.40. The summed E-state index contributed by atoms with van der Waals surface area (Å²) in [6, 6.07) is 0. The third-order valence-electron chi connectivity index (χ3n) is 1.46. The molecule has 66 valence electrons. The average Bonchev–Trinajstić information content (AvgIpc) is 2.42. The summed E-state index contributed by atoms with van der Waals surface area (Å²) in [5.41, 5.74) is 9.52. The predicted molar refractivity (Wildman–Crippen MR) is 46.9 cm³/mol. The van der Waals surface area contributed by atoms with Gasteiger partial charge in [0.15, 0.2) is 0 Å². The first-order valence-corrected chi connectivity index (χ1v) is 3.68. The van der Waals surface area contributed by atoms with E-state index in [2.05, 4.69) is 27.0 Å². The van der Waals surface area contributed by atoms with Crippen molar-refractivity contribution in [2.75, 3.05) is 6.54 Å². The lowest BCUT2D eigenvalue weighted by Crippen LogP contribution is -1.79. The van der Waals surface area contributed by atoms with Crippen molar-refractivity contribution in [3.8, 4) is 11.8 Å². The topological polar surface area (TPSA) is 74.8 Å². The Hall–Kier alpha value is -1.92. The lowest BCUT2D eigenvalue weighted by atomic mass is 10.2. The Bertz CT molecular complexity index is 384. The van der Waals surface area contributed by atoms with Crippen molar-refractivity contribution in [1.82, 2.24) is 5.16 Å². The van der Waals surface area contributed by atoms with Gasteiger partial charge in [-0.1, -0.05) is 22.1 Å². The summed E-state index contributed by atoms with van der Waals surface area (Å²) in [5.74, 6) is 6.21. The second-order valence-corrected chi connectivity index (χ2v) is 2.39. The fourth-order valence-electron chi connectivity index (χ4n) is 0.856. The van der Waals surface area contributed by atoms with E-state index in [1.807, 2.05) is 6.92 Å². The van der Waals surface area contributed by atoms with Gasteiger partial charge in [0.25, 0.3) is 0 Å². The second kappa shape index (κ2) is 4.19. The highest BCUT2D eigenvalue weighted by Gasteiger charge is 2.04. The third-order valence-corrected chi connectivity index (χ3v) is 1.46. The standard InChI is InChI=1S/C8H8N4O/c1-6-8(7(2)13-11-6)4-3-5-10-12-9/h5H2,1-2H3. The Labute approximate surface area is 75.4 Å². The van der Waals surface area contributed by atoms with E-state index in [9.17, 15) is 0 Å². The van der Waals surface area contributed by atoms with Gasteiger partial charge in [0, 0.05) is 4.91 Å². The molecule has 1 rings (SSSR count). The summed E-state index contributed by atoms with van der Waals surface area (Å²) in [6.07, 6.45) is 0. The van der Waals surface area contributed by atoms with Gasteiger partial charge < -0.3 is 4.52 Å². The van der Waals surface area contributed by atoms with E-state index >= 15 is 0 Å². The molecule has 0 radical (unpaired) electrons. The number of hydrogen-bond acceptors (Lipinski definition) is 3. The van der Waals surface area contributed by atoms with Crippen LogP contribution in [0.15, 0.2) is 9.64 Å². The van der Waals surface area contributed by atoms with Crippen LogP contribution in [-0.4, -0.2) is 11.7 Å². The fraction of sp³-hybridized carbons (Fsp3) is 0.375. The minimum absolute atomic E-state index is 0.167. The Balaban J connectivity index is 2.82. The number of aryl methyl sites for hydroxylation is 2. The van der Waals surface area contributed by atoms with Crippen molar-refractivity contribution in [3.05, 3.63) is 27.5 Å². The molecule has 13 heavy (non-hydrogen) atoms. The van der Waals surface area contributed by atoms with Crippen LogP contribution in [0.2, 0.25) is 0 Å². The van der Waals surface area contributed by atoms with Crippen LogP contribution in [0.1, 0.15) is 17.0 Å². The first-order chi connectivity index (χ1) is 6.25. The molecule has 0 unspecified atom stereocenters. The molecule has 1 aromatic rings. The van der Waals surface area contributed by atoms with Crippen LogP contribution in [-0.2, 0) is 0 Å². The van der Waals surface area contributed by atoms with Crippen LogP contribution in [0.25, 0.3) is 10.4 Å². The summed E-state index contributed by atoms with van der Waals surface area (Å²) >= 11 is 0. The van der Waals surface area contributed by atoms with Gasteiger partial charge in [0.1, 0.15) is 5.76 Å². The molecular weight excluding hydrogens is 168 g/mol. The van der Waals surface area contributed by atoms with Crippen molar-refractivity contribution in [2.45, 2.75) is 13.8 Å². The molecule has 1 aromatic heterocycles. The SMILES string of the molecule is Cc1noc(C)c1C#CCN=[N+]=[N-]. The monoisotopic (exact) mass is 176 g/mol. The predicted octanol–water partition coefficient (Wildman–Crippen LogP) is 1.95. The molecule has 0 bridgehead atoms. The van der Waals surface area contributed by atoms with Gasteiger partial charge in [0.05, 0.1) is 17.8 Å². The van der Waals surface area contributed by atoms with Crippen molar-refractivity contribution >= 4 is 0 Å². The number of aromatic nitrogens is 1. The molecular formula is C8H8N4O. The van der Waals surface area contributed by atoms with Gasteiger partial charge in [-0.25, -0.2) is 0 Å². The normalized spacial score (nSPS) is 8.46. The molecule has 0 aliphatic rings. The zero-order valence-electron chi connectivity index (χ0n) is 7.40. The highest BCUT2D eigenvalue weighted by molar-refractivity contribution is 5.39. The Morgan fingerprint density at radius 3 is 2.92 bits per heavy atom. The summed E-state index contributed by atoms with van der Waals surface area (Å²) in [7, 11) is 0. The highest BCUT2D eigenvalue weighted by Crippen LogP contribution is 2.09. The van der Waals surface area contributed by atoms with E-state index in [-0.39, 0.29) is 6.54 Å². The molecule has 0 saturated heterocycles. The number of nitrogens with zero attached hydrogens (tertiary/aromatic N) is 4. The number of hydrogen-bond donors (Lipinski definition) is 0. The molecule has 0 fully saturated rings. The van der Waals surface area contributed by atoms with E-state index in [1.165, 1.54) is 0 Å². The van der Waals surface area contributed by atoms with E-state index < -0.39 is 0 Å². The lowest BCUT2D eigenvalue weighted by molar-refractivity contribution is 0.393. The van der Waals surface area contributed by atoms with Gasteiger partial charge in [-0.05, 0) is 19.4 Å². The third kappa shape index (κ3) is 2.26. The maximum atomic E-state index is 7.99. The molecule has 0 spiro atoms. The lowest BCUT2D eigenvalue weighted by Gasteiger charge is -1.82. The van der Waals surface area contributed by atoms with Crippen LogP contribution in [0.5, 0.6) is 0 Å². The molecule has 5 heteroatoms. The maximum absolute atomic E-state index is 7.99. The summed E-state index contributed by atoms with van der Waals surface area (Å²) < 4.78 is 4.90. The van der Waals surface area contributed by atoms with Crippen LogP contribution >= 0.6 is 0 Å². The molecule has 0 aliphatic heterocycles. The Morgan fingerprint density at radius 2 is 2.38 bits per heavy atom. The molecule has 0 amide bonds. The Morgan fingerprint density at radius 1 is 1.62 bits per heavy atom. The quantitative estimate of drug-likeness (QED) is 0.284. The van der Waals surface area contributed by atoms with E-state index in [1.54, 1.807) is 6.92 Å². The number of rotatable bonds is 1. The molecule has 1 heterocycles. The van der Waals surface area contributed by atoms with Gasteiger partial charge in [-0.15, -0.1) is 0 Å². The second-order valence-electron chi connectivity index (χ2n) is 2.39. The first-order valence-electron chi connectivity index (χ1n) is 3.68. The van der Waals surface area contributed by atoms with Crippen LogP contribution in [0.4, 0.5) is 0 Å². The summed E-state index contributed by atoms with van der Waals surface area (Å²) in [6.45, 7) is 3.77. The summed E-state index contributed by atoms with van der Waals surface area (Å²) in [5, 5.41) is 7.02. The van der Waals surface area contributed by atoms with Crippen molar-refractivity contribution in [2.24, 2.45) is 5.11 Å². The van der Waals surface area contributed by atoms with Crippen LogP contribution in [0.3, 0.4) is 0 Å². The van der Waals surface area contributed by atoms with Crippen molar-refractivity contribution in [3.63, 3.8) is 0 Å². The minimum Gasteiger partial charge on any atom is -0.360 e. The molecule has 0 saturated carbocycles. The highest BCUT2D eigenvalue weighted by atomic mass is 16.5. The molecule has 0 aliphatic carbocycles. The van der Waals surface area contributed by atoms with Crippen molar-refractivity contribution < 1.29 is 4.52 Å². The fourth-order valence-corrected chi connectivity index (χ4v) is 0.856. The van der Waals surface area contributed by atoms with E-state index in [0.29, 0.717) is 5.76 Å². The first kappa shape index (κ1) is 9.17. The van der Waals surface area contributed by atoms with Gasteiger partial charge >= 0.3 is 0 Å². The number of azide groups is 1. The smallest absolute Gasteiger partial charge is 0.149 e. The summed E-state index contributed by atoms with van der Waals surface area (Å²) in [4.78, 5) is 2.58. The van der Waals surface area contributed by atoms with Crippen molar-refractivity contribution in [1.29, 1.82) is 0 Å². The molecule has 5 nitrogen and oxygen atoms in total. The van der Waals surface area contributed by atoms with E-state index in [4.69, 9.17) is 10.1 Å². The van der Waals surface area contributed by atoms with E-state index in [0.717, 1.165) is 11.3 Å². The van der Waals surface area contributed by atoms with Gasteiger partial charge in [0.2, 0.25) is 0 Å². The molecule has 0 atom stereocenters. The van der Waals surface area contributed by atoms with Crippen LogP contribution < -0.4 is 0 Å². The molecule has 0 aromatic carbocycles. The van der Waals surface area contributed by atoms with Gasteiger partial charge in [-0.3, -0.25) is 0 Å². The minimum atomic E-state index is 0.167. The Kier molecular flexibility index (Phi) is 2.96. The largest absolute Gasteiger partial charge is 0.360 e. The average molecular weight is 176 g/mol. The maximum Gasteiger partial charge on any atom is 0.149 e. The zero-order chi connectivity index (χ0) is 9.68. The molecule has 0 N–H and O–H groups in total.